The van der Waals surface area contributed by atoms with E-state index in [9.17, 15) is 23.4 Å². The van der Waals surface area contributed by atoms with Crippen molar-refractivity contribution >= 4 is 16.6 Å². The number of ether oxygens (including phenoxy) is 1. The van der Waals surface area contributed by atoms with E-state index >= 15 is 0 Å². The summed E-state index contributed by atoms with van der Waals surface area (Å²) in [5.74, 6) is -0.186. The molecule has 0 bridgehead atoms. The fourth-order valence-electron chi connectivity index (χ4n) is 3.22. The van der Waals surface area contributed by atoms with Crippen molar-refractivity contribution in [1.82, 2.24) is 15.2 Å². The standard InChI is InChI=1S/C19H17F3N4O3/c20-19(21,22)11-1-2-13(15(27)7-11)16-12-3-5-23-8-14(12)17(26-25-16)24-9-18(28)4-6-29-10-18/h1-3,5,7-8,27-28H,4,6,9-10H2,(H,24,26). The molecule has 0 amide bonds. The van der Waals surface area contributed by atoms with Crippen molar-refractivity contribution in [3.05, 3.63) is 42.2 Å². The molecule has 7 nitrogen and oxygen atoms in total. The van der Waals surface area contributed by atoms with Crippen molar-refractivity contribution in [3.8, 4) is 17.0 Å². The lowest BCUT2D eigenvalue weighted by atomic mass is 10.0. The highest BCUT2D eigenvalue weighted by Gasteiger charge is 2.33. The topological polar surface area (TPSA) is 100 Å². The summed E-state index contributed by atoms with van der Waals surface area (Å²) in [4.78, 5) is 4.07. The first-order chi connectivity index (χ1) is 13.8. The van der Waals surface area contributed by atoms with Crippen LogP contribution in [-0.2, 0) is 10.9 Å². The molecule has 3 N–H and O–H groups in total. The Kier molecular flexibility index (Phi) is 4.75. The Morgan fingerprint density at radius 3 is 2.69 bits per heavy atom. The molecule has 3 heterocycles. The maximum Gasteiger partial charge on any atom is 0.416 e. The Hall–Kier alpha value is -2.98. The molecule has 4 rings (SSSR count). The largest absolute Gasteiger partial charge is 0.507 e. The Bertz CT molecular complexity index is 1050. The van der Waals surface area contributed by atoms with Crippen LogP contribution in [0.3, 0.4) is 0 Å². The van der Waals surface area contributed by atoms with Crippen LogP contribution in [0.15, 0.2) is 36.7 Å². The number of pyridine rings is 1. The van der Waals surface area contributed by atoms with Crippen LogP contribution in [0.1, 0.15) is 12.0 Å². The number of hydrogen-bond acceptors (Lipinski definition) is 7. The van der Waals surface area contributed by atoms with Gasteiger partial charge in [0.15, 0.2) is 5.82 Å². The Balaban J connectivity index is 1.72. The number of anilines is 1. The Morgan fingerprint density at radius 2 is 2.00 bits per heavy atom. The van der Waals surface area contributed by atoms with E-state index < -0.39 is 23.1 Å². The maximum atomic E-state index is 12.9. The number of benzene rings is 1. The van der Waals surface area contributed by atoms with Gasteiger partial charge in [-0.25, -0.2) is 0 Å². The molecule has 3 aromatic rings. The smallest absolute Gasteiger partial charge is 0.416 e. The quantitative estimate of drug-likeness (QED) is 0.612. The lowest BCUT2D eigenvalue weighted by Crippen LogP contribution is -2.37. The molecule has 2 aromatic heterocycles. The van der Waals surface area contributed by atoms with E-state index in [0.717, 1.165) is 12.1 Å². The number of aromatic nitrogens is 3. The molecule has 1 aliphatic heterocycles. The average molecular weight is 406 g/mol. The summed E-state index contributed by atoms with van der Waals surface area (Å²) in [6.45, 7) is 0.871. The third kappa shape index (κ3) is 3.81. The first-order valence-electron chi connectivity index (χ1n) is 8.82. The number of phenolic OH excluding ortho intramolecular Hbond substituents is 1. The second-order valence-corrected chi connectivity index (χ2v) is 6.93. The van der Waals surface area contributed by atoms with Crippen LogP contribution in [0.25, 0.3) is 22.0 Å². The summed E-state index contributed by atoms with van der Waals surface area (Å²) in [5.41, 5.74) is -1.62. The minimum atomic E-state index is -4.56. The molecule has 1 aromatic carbocycles. The molecule has 0 aliphatic carbocycles. The minimum absolute atomic E-state index is 0.121. The van der Waals surface area contributed by atoms with Crippen LogP contribution >= 0.6 is 0 Å². The van der Waals surface area contributed by atoms with Gasteiger partial charge in [0.2, 0.25) is 0 Å². The number of aliphatic hydroxyl groups is 1. The van der Waals surface area contributed by atoms with Crippen molar-refractivity contribution in [1.29, 1.82) is 0 Å². The van der Waals surface area contributed by atoms with E-state index in [2.05, 4.69) is 20.5 Å². The minimum Gasteiger partial charge on any atom is -0.507 e. The van der Waals surface area contributed by atoms with Gasteiger partial charge in [0, 0.05) is 48.3 Å². The second kappa shape index (κ2) is 7.12. The monoisotopic (exact) mass is 406 g/mol. The number of nitrogens with one attached hydrogen (secondary N) is 1. The lowest BCUT2D eigenvalue weighted by molar-refractivity contribution is -0.137. The van der Waals surface area contributed by atoms with E-state index in [0.29, 0.717) is 35.7 Å². The first kappa shape index (κ1) is 19.3. The van der Waals surface area contributed by atoms with E-state index in [-0.39, 0.29) is 24.4 Å². The number of hydrogen-bond donors (Lipinski definition) is 3. The van der Waals surface area contributed by atoms with Gasteiger partial charge in [-0.05, 0) is 24.3 Å². The van der Waals surface area contributed by atoms with Crippen molar-refractivity contribution in [3.63, 3.8) is 0 Å². The average Bonchev–Trinajstić information content (AvgIpc) is 3.12. The summed E-state index contributed by atoms with van der Waals surface area (Å²) < 4.78 is 43.8. The highest BCUT2D eigenvalue weighted by molar-refractivity contribution is 6.00. The number of halogens is 3. The van der Waals surface area contributed by atoms with Crippen LogP contribution in [0.2, 0.25) is 0 Å². The second-order valence-electron chi connectivity index (χ2n) is 6.93. The third-order valence-electron chi connectivity index (χ3n) is 4.83. The van der Waals surface area contributed by atoms with Gasteiger partial charge in [-0.1, -0.05) is 0 Å². The molecule has 1 fully saturated rings. The summed E-state index contributed by atoms with van der Waals surface area (Å²) in [7, 11) is 0. The van der Waals surface area contributed by atoms with Gasteiger partial charge in [0.25, 0.3) is 0 Å². The SMILES string of the molecule is Oc1cc(C(F)(F)F)ccc1-c1nnc(NCC2(O)CCOC2)c2cnccc12. The van der Waals surface area contributed by atoms with Gasteiger partial charge in [-0.2, -0.15) is 13.2 Å². The number of alkyl halides is 3. The number of rotatable bonds is 4. The summed E-state index contributed by atoms with van der Waals surface area (Å²) in [5, 5.41) is 32.9. The molecule has 0 radical (unpaired) electrons. The zero-order valence-electron chi connectivity index (χ0n) is 15.1. The van der Waals surface area contributed by atoms with Crippen LogP contribution in [0.4, 0.5) is 19.0 Å². The normalized spacial score (nSPS) is 19.6. The molecule has 1 saturated heterocycles. The van der Waals surface area contributed by atoms with E-state index in [1.54, 1.807) is 6.07 Å². The van der Waals surface area contributed by atoms with Crippen LogP contribution in [0, 0.1) is 0 Å². The van der Waals surface area contributed by atoms with E-state index in [1.165, 1.54) is 12.4 Å². The predicted molar refractivity (Wildman–Crippen MR) is 98.3 cm³/mol. The molecule has 29 heavy (non-hydrogen) atoms. The van der Waals surface area contributed by atoms with Crippen LogP contribution in [-0.4, -0.2) is 50.8 Å². The summed E-state index contributed by atoms with van der Waals surface area (Å²) in [6.07, 6.45) is -1.03. The van der Waals surface area contributed by atoms with Crippen molar-refractivity contribution in [2.24, 2.45) is 0 Å². The number of nitrogens with zero attached hydrogens (tertiary/aromatic N) is 3. The van der Waals surface area contributed by atoms with E-state index in [1.807, 2.05) is 0 Å². The third-order valence-corrected chi connectivity index (χ3v) is 4.83. The van der Waals surface area contributed by atoms with Gasteiger partial charge in [0.1, 0.15) is 17.0 Å². The van der Waals surface area contributed by atoms with Gasteiger partial charge in [-0.3, -0.25) is 4.98 Å². The van der Waals surface area contributed by atoms with Gasteiger partial charge in [0.05, 0.1) is 12.2 Å². The first-order valence-corrected chi connectivity index (χ1v) is 8.82. The lowest BCUT2D eigenvalue weighted by Gasteiger charge is -2.21. The van der Waals surface area contributed by atoms with Gasteiger partial charge >= 0.3 is 6.18 Å². The summed E-state index contributed by atoms with van der Waals surface area (Å²) >= 11 is 0. The molecule has 0 spiro atoms. The van der Waals surface area contributed by atoms with Crippen molar-refractivity contribution in [2.45, 2.75) is 18.2 Å². The van der Waals surface area contributed by atoms with Crippen LogP contribution in [0.5, 0.6) is 5.75 Å². The molecule has 1 unspecified atom stereocenters. The maximum absolute atomic E-state index is 12.9. The van der Waals surface area contributed by atoms with Gasteiger partial charge < -0.3 is 20.3 Å². The van der Waals surface area contributed by atoms with E-state index in [4.69, 9.17) is 4.74 Å². The zero-order chi connectivity index (χ0) is 20.6. The molecular weight excluding hydrogens is 389 g/mol. The van der Waals surface area contributed by atoms with Crippen molar-refractivity contribution < 1.29 is 28.1 Å². The zero-order valence-corrected chi connectivity index (χ0v) is 15.1. The number of fused-ring (bicyclic) bond motifs is 1. The molecular formula is C19H17F3N4O3. The molecule has 10 heteroatoms. The molecule has 1 atom stereocenters. The highest BCUT2D eigenvalue weighted by atomic mass is 19.4. The number of phenols is 1. The predicted octanol–water partition coefficient (Wildman–Crippen LogP) is 2.98. The molecule has 0 saturated carbocycles. The fourth-order valence-corrected chi connectivity index (χ4v) is 3.22. The summed E-state index contributed by atoms with van der Waals surface area (Å²) in [6, 6.07) is 4.33. The van der Waals surface area contributed by atoms with Crippen molar-refractivity contribution in [2.75, 3.05) is 25.1 Å². The molecule has 152 valence electrons. The molecule has 1 aliphatic rings. The Morgan fingerprint density at radius 1 is 1.17 bits per heavy atom. The fraction of sp³-hybridized carbons (Fsp3) is 0.316. The number of aromatic hydroxyl groups is 1. The van der Waals surface area contributed by atoms with Crippen LogP contribution < -0.4 is 5.32 Å². The van der Waals surface area contributed by atoms with Gasteiger partial charge in [-0.15, -0.1) is 10.2 Å². The highest BCUT2D eigenvalue weighted by Crippen LogP contribution is 2.38. The Labute approximate surface area is 163 Å².